The lowest BCUT2D eigenvalue weighted by molar-refractivity contribution is 0.633. The molecule has 0 fully saturated rings. The Bertz CT molecular complexity index is 1350. The number of rotatable bonds is 8. The van der Waals surface area contributed by atoms with Gasteiger partial charge in [0.05, 0.1) is 18.4 Å². The molecule has 2 aromatic heterocycles. The van der Waals surface area contributed by atoms with Gasteiger partial charge in [0.1, 0.15) is 11.7 Å². The van der Waals surface area contributed by atoms with Crippen LogP contribution in [0.1, 0.15) is 39.7 Å². The van der Waals surface area contributed by atoms with E-state index in [9.17, 15) is 4.39 Å². The summed E-state index contributed by atoms with van der Waals surface area (Å²) in [5.74, 6) is 0.386. The first kappa shape index (κ1) is 25.6. The van der Waals surface area contributed by atoms with Crippen molar-refractivity contribution >= 4 is 33.8 Å². The van der Waals surface area contributed by atoms with E-state index >= 15 is 0 Å². The van der Waals surface area contributed by atoms with Gasteiger partial charge in [-0.3, -0.25) is 9.98 Å². The summed E-state index contributed by atoms with van der Waals surface area (Å²) in [6.07, 6.45) is 9.15. The fourth-order valence-electron chi connectivity index (χ4n) is 3.38. The number of hydrogen-bond acceptors (Lipinski definition) is 6. The zero-order chi connectivity index (χ0) is 25.5. The Hall–Kier alpha value is -4.07. The van der Waals surface area contributed by atoms with E-state index in [4.69, 9.17) is 11.5 Å². The number of nitrogens with one attached hydrogen (secondary N) is 1. The minimum Gasteiger partial charge on any atom is -0.397 e. The average Bonchev–Trinajstić information content (AvgIpc) is 2.82. The fourth-order valence-corrected chi connectivity index (χ4v) is 3.38. The van der Waals surface area contributed by atoms with Crippen molar-refractivity contribution in [1.29, 1.82) is 0 Å². The molecule has 0 bridgehead atoms. The van der Waals surface area contributed by atoms with Crippen molar-refractivity contribution in [3.8, 4) is 11.1 Å². The number of aliphatic imine (C=N–C) groups is 2. The molecule has 0 spiro atoms. The van der Waals surface area contributed by atoms with Gasteiger partial charge in [-0.05, 0) is 69.3 Å². The minimum atomic E-state index is -0.365. The number of nitrogens with zero attached hydrogens (tertiary/aromatic N) is 4. The van der Waals surface area contributed by atoms with Gasteiger partial charge in [0.2, 0.25) is 0 Å². The first-order valence-corrected chi connectivity index (χ1v) is 11.4. The van der Waals surface area contributed by atoms with E-state index in [1.54, 1.807) is 36.8 Å². The molecule has 3 aromatic rings. The van der Waals surface area contributed by atoms with Gasteiger partial charge < -0.3 is 16.8 Å². The second-order valence-corrected chi connectivity index (χ2v) is 8.61. The SMILES string of the molecule is CC/C(=C/C(N)=Nc1cc2cc(-c3cncc(N)c3C)c(F)cc2cn1)NCC(C)=NC=C(C)C. The van der Waals surface area contributed by atoms with Crippen LogP contribution < -0.4 is 16.8 Å². The number of anilines is 1. The molecule has 0 saturated heterocycles. The number of pyridine rings is 2. The summed E-state index contributed by atoms with van der Waals surface area (Å²) in [5.41, 5.74) is 17.6. The molecule has 0 atom stereocenters. The number of aromatic nitrogens is 2. The smallest absolute Gasteiger partial charge is 0.154 e. The summed E-state index contributed by atoms with van der Waals surface area (Å²) >= 11 is 0. The number of fused-ring (bicyclic) bond motifs is 1. The van der Waals surface area contributed by atoms with Crippen LogP contribution in [0.15, 0.2) is 70.3 Å². The number of halogens is 1. The number of amidine groups is 1. The molecule has 0 saturated carbocycles. The summed E-state index contributed by atoms with van der Waals surface area (Å²) < 4.78 is 14.9. The first-order valence-electron chi connectivity index (χ1n) is 11.4. The molecule has 0 aliphatic carbocycles. The van der Waals surface area contributed by atoms with Crippen molar-refractivity contribution in [2.75, 3.05) is 12.3 Å². The summed E-state index contributed by atoms with van der Waals surface area (Å²) in [7, 11) is 0. The third kappa shape index (κ3) is 6.72. The first-order chi connectivity index (χ1) is 16.7. The predicted molar refractivity (Wildman–Crippen MR) is 144 cm³/mol. The second kappa shape index (κ2) is 11.4. The maximum absolute atomic E-state index is 14.9. The Morgan fingerprint density at radius 1 is 1.09 bits per heavy atom. The van der Waals surface area contributed by atoms with Gasteiger partial charge in [0, 0.05) is 46.5 Å². The Morgan fingerprint density at radius 3 is 2.57 bits per heavy atom. The summed E-state index contributed by atoms with van der Waals surface area (Å²) in [5, 5.41) is 4.79. The third-order valence-electron chi connectivity index (χ3n) is 5.40. The zero-order valence-electron chi connectivity index (χ0n) is 20.9. The predicted octanol–water partition coefficient (Wildman–Crippen LogP) is 5.58. The highest BCUT2D eigenvalue weighted by Gasteiger charge is 2.12. The molecule has 0 aliphatic rings. The van der Waals surface area contributed by atoms with E-state index in [1.165, 1.54) is 6.07 Å². The fraction of sp³-hybridized carbons (Fsp3) is 0.259. The molecule has 5 N–H and O–H groups in total. The summed E-state index contributed by atoms with van der Waals surface area (Å²) in [6.45, 7) is 10.5. The molecular formula is C27H32FN7. The second-order valence-electron chi connectivity index (χ2n) is 8.61. The van der Waals surface area contributed by atoms with Crippen LogP contribution in [0, 0.1) is 12.7 Å². The molecule has 182 valence electrons. The standard InChI is InChI=1S/C27H32FN7/c1-6-21(33-12-17(4)32-11-16(2)3)10-26(30)35-27-9-19-7-22(24(28)8-20(19)13-34-27)23-14-31-15-25(29)18(23)5/h7-11,13-15,33H,6,12,29H2,1-5H3,(H2,30,34,35)/b21-10-,32-17?. The van der Waals surface area contributed by atoms with Crippen molar-refractivity contribution in [3.05, 3.63) is 71.7 Å². The maximum Gasteiger partial charge on any atom is 0.154 e. The van der Waals surface area contributed by atoms with Gasteiger partial charge in [-0.15, -0.1) is 0 Å². The molecule has 0 unspecified atom stereocenters. The van der Waals surface area contributed by atoms with Gasteiger partial charge >= 0.3 is 0 Å². The van der Waals surface area contributed by atoms with Gasteiger partial charge in [0.15, 0.2) is 5.82 Å². The van der Waals surface area contributed by atoms with Crippen molar-refractivity contribution in [3.63, 3.8) is 0 Å². The van der Waals surface area contributed by atoms with E-state index in [1.807, 2.05) is 40.8 Å². The largest absolute Gasteiger partial charge is 0.397 e. The Morgan fingerprint density at radius 2 is 1.86 bits per heavy atom. The highest BCUT2D eigenvalue weighted by atomic mass is 19.1. The van der Waals surface area contributed by atoms with Gasteiger partial charge in [-0.1, -0.05) is 12.5 Å². The lowest BCUT2D eigenvalue weighted by atomic mass is 9.99. The quantitative estimate of drug-likeness (QED) is 0.292. The van der Waals surface area contributed by atoms with E-state index < -0.39 is 0 Å². The molecule has 0 radical (unpaired) electrons. The molecule has 8 heteroatoms. The number of hydrogen-bond donors (Lipinski definition) is 3. The van der Waals surface area contributed by atoms with Gasteiger partial charge in [-0.25, -0.2) is 14.4 Å². The van der Waals surface area contributed by atoms with Crippen LogP contribution in [-0.4, -0.2) is 28.1 Å². The van der Waals surface area contributed by atoms with Crippen LogP contribution in [-0.2, 0) is 0 Å². The lowest BCUT2D eigenvalue weighted by Gasteiger charge is -2.11. The van der Waals surface area contributed by atoms with E-state index in [2.05, 4.69) is 25.3 Å². The van der Waals surface area contributed by atoms with E-state index in [0.29, 0.717) is 40.4 Å². The average molecular weight is 474 g/mol. The maximum atomic E-state index is 14.9. The van der Waals surface area contributed by atoms with E-state index in [0.717, 1.165) is 34.4 Å². The van der Waals surface area contributed by atoms with Crippen LogP contribution in [0.2, 0.25) is 0 Å². The third-order valence-corrected chi connectivity index (χ3v) is 5.40. The Kier molecular flexibility index (Phi) is 8.30. The van der Waals surface area contributed by atoms with E-state index in [-0.39, 0.29) is 5.82 Å². The highest BCUT2D eigenvalue weighted by molar-refractivity contribution is 5.95. The van der Waals surface area contributed by atoms with Crippen LogP contribution in [0.4, 0.5) is 15.9 Å². The minimum absolute atomic E-state index is 0.318. The number of nitrogens with two attached hydrogens (primary N) is 2. The molecule has 0 amide bonds. The monoisotopic (exact) mass is 473 g/mol. The molecular weight excluding hydrogens is 441 g/mol. The highest BCUT2D eigenvalue weighted by Crippen LogP contribution is 2.32. The molecule has 3 rings (SSSR count). The van der Waals surface area contributed by atoms with Crippen molar-refractivity contribution < 1.29 is 4.39 Å². The van der Waals surface area contributed by atoms with Crippen molar-refractivity contribution in [1.82, 2.24) is 15.3 Å². The normalized spacial score (nSPS) is 12.7. The Balaban J connectivity index is 1.88. The number of allylic oxidation sites excluding steroid dienone is 2. The number of benzene rings is 1. The van der Waals surface area contributed by atoms with Crippen molar-refractivity contribution in [2.24, 2.45) is 15.7 Å². The lowest BCUT2D eigenvalue weighted by Crippen LogP contribution is -2.22. The molecule has 2 heterocycles. The number of nitrogen functional groups attached to an aromatic ring is 1. The Labute approximate surface area is 205 Å². The molecule has 7 nitrogen and oxygen atoms in total. The van der Waals surface area contributed by atoms with Crippen molar-refractivity contribution in [2.45, 2.75) is 41.0 Å². The summed E-state index contributed by atoms with van der Waals surface area (Å²) in [4.78, 5) is 17.3. The van der Waals surface area contributed by atoms with Crippen LogP contribution in [0.5, 0.6) is 0 Å². The van der Waals surface area contributed by atoms with Gasteiger partial charge in [-0.2, -0.15) is 0 Å². The topological polar surface area (TPSA) is 115 Å². The van der Waals surface area contributed by atoms with Crippen LogP contribution in [0.3, 0.4) is 0 Å². The molecule has 35 heavy (non-hydrogen) atoms. The van der Waals surface area contributed by atoms with Crippen LogP contribution >= 0.6 is 0 Å². The van der Waals surface area contributed by atoms with Crippen LogP contribution in [0.25, 0.3) is 21.9 Å². The zero-order valence-corrected chi connectivity index (χ0v) is 20.9. The van der Waals surface area contributed by atoms with Gasteiger partial charge in [0.25, 0.3) is 0 Å². The molecule has 1 aromatic carbocycles. The molecule has 0 aliphatic heterocycles. The summed E-state index contributed by atoms with van der Waals surface area (Å²) in [6, 6.07) is 4.99.